The molecule has 1 aromatic rings. The van der Waals surface area contributed by atoms with Gasteiger partial charge in [0.25, 0.3) is 0 Å². The molecule has 0 aromatic heterocycles. The molecule has 1 aliphatic rings. The number of halogens is 1. The number of hydrogen-bond acceptors (Lipinski definition) is 2. The van der Waals surface area contributed by atoms with Crippen LogP contribution in [-0.4, -0.2) is 29.3 Å². The van der Waals surface area contributed by atoms with E-state index in [9.17, 15) is 9.18 Å². The molecule has 0 saturated carbocycles. The number of nitrogens with zero attached hydrogens (tertiary/aromatic N) is 1. The quantitative estimate of drug-likeness (QED) is 0.778. The van der Waals surface area contributed by atoms with Gasteiger partial charge in [0, 0.05) is 18.2 Å². The standard InChI is InChI=1S/C16H22FNO/c1-11-4-5-12(2)18(10-11)13(3)16(19)14-6-8-15(17)9-7-14/h6-9,11-13H,4-5,10H2,1-3H3. The van der Waals surface area contributed by atoms with Gasteiger partial charge in [-0.25, -0.2) is 4.39 Å². The summed E-state index contributed by atoms with van der Waals surface area (Å²) >= 11 is 0. The summed E-state index contributed by atoms with van der Waals surface area (Å²) in [4.78, 5) is 14.7. The van der Waals surface area contributed by atoms with Crippen LogP contribution in [0.5, 0.6) is 0 Å². The normalized spacial score (nSPS) is 26.1. The van der Waals surface area contributed by atoms with Crippen LogP contribution in [0.1, 0.15) is 44.0 Å². The fraction of sp³-hybridized carbons (Fsp3) is 0.562. The summed E-state index contributed by atoms with van der Waals surface area (Å²) in [6.45, 7) is 7.34. The van der Waals surface area contributed by atoms with Gasteiger partial charge in [-0.3, -0.25) is 9.69 Å². The predicted octanol–water partition coefficient (Wildman–Crippen LogP) is 3.52. The lowest BCUT2D eigenvalue weighted by Gasteiger charge is -2.40. The monoisotopic (exact) mass is 263 g/mol. The average Bonchev–Trinajstić information content (AvgIpc) is 2.41. The van der Waals surface area contributed by atoms with Gasteiger partial charge in [-0.15, -0.1) is 0 Å². The predicted molar refractivity (Wildman–Crippen MR) is 74.8 cm³/mol. The number of Topliss-reactive ketones (excluding diaryl/α,β-unsaturated/α-hetero) is 1. The van der Waals surface area contributed by atoms with E-state index in [1.807, 2.05) is 6.92 Å². The number of benzene rings is 1. The first-order valence-corrected chi connectivity index (χ1v) is 7.04. The molecule has 1 saturated heterocycles. The Morgan fingerprint density at radius 2 is 1.89 bits per heavy atom. The van der Waals surface area contributed by atoms with E-state index in [4.69, 9.17) is 0 Å². The minimum absolute atomic E-state index is 0.0842. The second-order valence-electron chi connectivity index (χ2n) is 5.78. The smallest absolute Gasteiger partial charge is 0.179 e. The van der Waals surface area contributed by atoms with Crippen LogP contribution in [0.3, 0.4) is 0 Å². The third-order valence-electron chi connectivity index (χ3n) is 4.17. The first kappa shape index (κ1) is 14.2. The molecule has 3 atom stereocenters. The van der Waals surface area contributed by atoms with E-state index >= 15 is 0 Å². The molecule has 3 unspecified atom stereocenters. The maximum Gasteiger partial charge on any atom is 0.179 e. The van der Waals surface area contributed by atoms with E-state index in [1.54, 1.807) is 12.1 Å². The van der Waals surface area contributed by atoms with Gasteiger partial charge in [-0.2, -0.15) is 0 Å². The average molecular weight is 263 g/mol. The highest BCUT2D eigenvalue weighted by molar-refractivity contribution is 5.99. The highest BCUT2D eigenvalue weighted by atomic mass is 19.1. The molecule has 0 spiro atoms. The topological polar surface area (TPSA) is 20.3 Å². The Morgan fingerprint density at radius 1 is 1.26 bits per heavy atom. The van der Waals surface area contributed by atoms with E-state index in [2.05, 4.69) is 18.7 Å². The molecular weight excluding hydrogens is 241 g/mol. The lowest BCUT2D eigenvalue weighted by molar-refractivity contribution is 0.0607. The highest BCUT2D eigenvalue weighted by Gasteiger charge is 2.30. The van der Waals surface area contributed by atoms with Gasteiger partial charge in [-0.05, 0) is 56.9 Å². The largest absolute Gasteiger partial charge is 0.292 e. The maximum atomic E-state index is 12.9. The number of carbonyl (C=O) groups excluding carboxylic acids is 1. The van der Waals surface area contributed by atoms with Crippen LogP contribution in [0.25, 0.3) is 0 Å². The van der Waals surface area contributed by atoms with Gasteiger partial charge in [0.05, 0.1) is 6.04 Å². The third-order valence-corrected chi connectivity index (χ3v) is 4.17. The summed E-state index contributed by atoms with van der Waals surface area (Å²) in [6.07, 6.45) is 2.37. The van der Waals surface area contributed by atoms with E-state index in [0.29, 0.717) is 17.5 Å². The molecule has 104 valence electrons. The van der Waals surface area contributed by atoms with Crippen LogP contribution in [-0.2, 0) is 0 Å². The number of hydrogen-bond donors (Lipinski definition) is 0. The summed E-state index contributed by atoms with van der Waals surface area (Å²) < 4.78 is 12.9. The molecule has 1 aliphatic heterocycles. The van der Waals surface area contributed by atoms with Crippen molar-refractivity contribution in [3.8, 4) is 0 Å². The lowest BCUT2D eigenvalue weighted by atomic mass is 9.92. The summed E-state index contributed by atoms with van der Waals surface area (Å²) in [5, 5.41) is 0. The van der Waals surface area contributed by atoms with E-state index < -0.39 is 0 Å². The maximum absolute atomic E-state index is 12.9. The van der Waals surface area contributed by atoms with Crippen LogP contribution in [0, 0.1) is 11.7 Å². The van der Waals surface area contributed by atoms with Gasteiger partial charge in [-0.1, -0.05) is 6.92 Å². The third kappa shape index (κ3) is 3.21. The molecular formula is C16H22FNO. The molecule has 1 aromatic carbocycles. The summed E-state index contributed by atoms with van der Waals surface area (Å²) in [5.41, 5.74) is 0.597. The van der Waals surface area contributed by atoms with Crippen molar-refractivity contribution in [1.29, 1.82) is 0 Å². The number of rotatable bonds is 3. The SMILES string of the molecule is CC1CCC(C)N(C(C)C(=O)c2ccc(F)cc2)C1. The van der Waals surface area contributed by atoms with Gasteiger partial charge < -0.3 is 0 Å². The molecule has 1 heterocycles. The first-order valence-electron chi connectivity index (χ1n) is 7.04. The van der Waals surface area contributed by atoms with Crippen LogP contribution < -0.4 is 0 Å². The van der Waals surface area contributed by atoms with Crippen LogP contribution in [0.15, 0.2) is 24.3 Å². The fourth-order valence-corrected chi connectivity index (χ4v) is 2.87. The number of piperidine rings is 1. The molecule has 0 radical (unpaired) electrons. The minimum atomic E-state index is -0.302. The van der Waals surface area contributed by atoms with Gasteiger partial charge in [0.2, 0.25) is 0 Å². The summed E-state index contributed by atoms with van der Waals surface area (Å²) in [7, 11) is 0. The van der Waals surface area contributed by atoms with Gasteiger partial charge in [0.15, 0.2) is 5.78 Å². The number of carbonyl (C=O) groups is 1. The molecule has 0 N–H and O–H groups in total. The lowest BCUT2D eigenvalue weighted by Crippen LogP contribution is -2.49. The van der Waals surface area contributed by atoms with E-state index in [-0.39, 0.29) is 17.6 Å². The Hall–Kier alpha value is -1.22. The van der Waals surface area contributed by atoms with Gasteiger partial charge >= 0.3 is 0 Å². The van der Waals surface area contributed by atoms with Gasteiger partial charge in [0.1, 0.15) is 5.82 Å². The molecule has 2 nitrogen and oxygen atoms in total. The summed E-state index contributed by atoms with van der Waals surface area (Å²) in [6, 6.07) is 6.15. The zero-order valence-corrected chi connectivity index (χ0v) is 11.9. The molecule has 3 heteroatoms. The van der Waals surface area contributed by atoms with Crippen molar-refractivity contribution in [3.05, 3.63) is 35.6 Å². The molecule has 0 amide bonds. The first-order chi connectivity index (χ1) is 8.99. The van der Waals surface area contributed by atoms with Crippen LogP contribution >= 0.6 is 0 Å². The van der Waals surface area contributed by atoms with E-state index in [1.165, 1.54) is 18.6 Å². The second-order valence-corrected chi connectivity index (χ2v) is 5.78. The molecule has 1 fully saturated rings. The number of likely N-dealkylation sites (tertiary alicyclic amines) is 1. The second kappa shape index (κ2) is 5.83. The highest BCUT2D eigenvalue weighted by Crippen LogP contribution is 2.24. The van der Waals surface area contributed by atoms with E-state index in [0.717, 1.165) is 13.0 Å². The molecule has 19 heavy (non-hydrogen) atoms. The number of ketones is 1. The fourth-order valence-electron chi connectivity index (χ4n) is 2.87. The Balaban J connectivity index is 2.11. The van der Waals surface area contributed by atoms with Crippen molar-refractivity contribution in [2.75, 3.05) is 6.54 Å². The molecule has 2 rings (SSSR count). The van der Waals surface area contributed by atoms with Crippen molar-refractivity contribution in [3.63, 3.8) is 0 Å². The summed E-state index contributed by atoms with van der Waals surface area (Å²) in [5.74, 6) is 0.421. The zero-order valence-electron chi connectivity index (χ0n) is 11.9. The van der Waals surface area contributed by atoms with Crippen molar-refractivity contribution >= 4 is 5.78 Å². The Bertz CT molecular complexity index is 443. The molecule has 0 bridgehead atoms. The molecule has 0 aliphatic carbocycles. The zero-order chi connectivity index (χ0) is 14.0. The Morgan fingerprint density at radius 3 is 2.53 bits per heavy atom. The van der Waals surface area contributed by atoms with Crippen molar-refractivity contribution in [1.82, 2.24) is 4.90 Å². The Labute approximate surface area is 114 Å². The van der Waals surface area contributed by atoms with Crippen LogP contribution in [0.4, 0.5) is 4.39 Å². The van der Waals surface area contributed by atoms with Crippen molar-refractivity contribution in [2.45, 2.75) is 45.7 Å². The van der Waals surface area contributed by atoms with Crippen molar-refractivity contribution in [2.24, 2.45) is 5.92 Å². The van der Waals surface area contributed by atoms with Crippen molar-refractivity contribution < 1.29 is 9.18 Å². The Kier molecular flexibility index (Phi) is 4.35. The van der Waals surface area contributed by atoms with Crippen LogP contribution in [0.2, 0.25) is 0 Å². The minimum Gasteiger partial charge on any atom is -0.292 e.